The number of nitrogens with zero attached hydrogens (tertiary/aromatic N) is 1. The molecule has 168 valence electrons. The number of fused-ring (bicyclic) bond motifs is 1. The molecule has 1 N–H and O–H groups in total. The standard InChI is InChI=1S/C23H30N2O5S/c1-16(2)15-19(17-9-11-18(29-3)12-10-17)24-23(26)22-13-14-25(31(4,27)28)20-7-5-6-8-21(20)30-22/h5-12,16,19,22H,13-15H2,1-4H3,(H,24,26). The van der Waals surface area contributed by atoms with Gasteiger partial charge in [0, 0.05) is 13.0 Å². The third-order valence-electron chi connectivity index (χ3n) is 5.23. The molecule has 2 atom stereocenters. The van der Waals surface area contributed by atoms with Crippen molar-refractivity contribution in [1.82, 2.24) is 5.32 Å². The number of benzene rings is 2. The first-order valence-electron chi connectivity index (χ1n) is 10.4. The van der Waals surface area contributed by atoms with Crippen LogP contribution in [-0.2, 0) is 14.8 Å². The van der Waals surface area contributed by atoms with Gasteiger partial charge in [0.05, 0.1) is 25.1 Å². The number of hydrogen-bond donors (Lipinski definition) is 1. The highest BCUT2D eigenvalue weighted by Gasteiger charge is 2.32. The zero-order chi connectivity index (χ0) is 22.6. The number of carbonyl (C=O) groups excluding carboxylic acids is 1. The van der Waals surface area contributed by atoms with E-state index in [1.54, 1.807) is 31.4 Å². The number of carbonyl (C=O) groups is 1. The van der Waals surface area contributed by atoms with Gasteiger partial charge in [-0.3, -0.25) is 9.10 Å². The molecule has 1 heterocycles. The summed E-state index contributed by atoms with van der Waals surface area (Å²) in [6.45, 7) is 4.38. The average Bonchev–Trinajstić information content (AvgIpc) is 2.93. The van der Waals surface area contributed by atoms with E-state index in [2.05, 4.69) is 19.2 Å². The van der Waals surface area contributed by atoms with Gasteiger partial charge in [-0.05, 0) is 42.2 Å². The fourth-order valence-electron chi connectivity index (χ4n) is 3.71. The van der Waals surface area contributed by atoms with E-state index in [1.165, 1.54) is 4.31 Å². The quantitative estimate of drug-likeness (QED) is 0.704. The highest BCUT2D eigenvalue weighted by atomic mass is 32.2. The molecule has 1 aliphatic rings. The van der Waals surface area contributed by atoms with Crippen LogP contribution in [0.4, 0.5) is 5.69 Å². The van der Waals surface area contributed by atoms with E-state index in [-0.39, 0.29) is 24.9 Å². The van der Waals surface area contributed by atoms with Crippen molar-refractivity contribution < 1.29 is 22.7 Å². The summed E-state index contributed by atoms with van der Waals surface area (Å²) in [5.74, 6) is 1.24. The molecule has 0 radical (unpaired) electrons. The van der Waals surface area contributed by atoms with Crippen molar-refractivity contribution >= 4 is 21.6 Å². The maximum absolute atomic E-state index is 13.2. The number of amides is 1. The molecule has 2 unspecified atom stereocenters. The predicted octanol–water partition coefficient (Wildman–Crippen LogP) is 3.52. The second kappa shape index (κ2) is 9.60. The van der Waals surface area contributed by atoms with Crippen molar-refractivity contribution in [3.05, 3.63) is 54.1 Å². The van der Waals surface area contributed by atoms with Gasteiger partial charge >= 0.3 is 0 Å². The Morgan fingerprint density at radius 3 is 2.48 bits per heavy atom. The van der Waals surface area contributed by atoms with E-state index < -0.39 is 16.1 Å². The zero-order valence-electron chi connectivity index (χ0n) is 18.4. The first-order chi connectivity index (χ1) is 14.7. The second-order valence-electron chi connectivity index (χ2n) is 8.16. The van der Waals surface area contributed by atoms with Gasteiger partial charge in [0.2, 0.25) is 10.0 Å². The molecule has 1 amide bonds. The Morgan fingerprint density at radius 1 is 1.19 bits per heavy atom. The van der Waals surface area contributed by atoms with Crippen LogP contribution in [0.3, 0.4) is 0 Å². The van der Waals surface area contributed by atoms with E-state index in [0.717, 1.165) is 24.0 Å². The first-order valence-corrected chi connectivity index (χ1v) is 12.2. The summed E-state index contributed by atoms with van der Waals surface area (Å²) in [6.07, 6.45) is 1.38. The van der Waals surface area contributed by atoms with Gasteiger partial charge in [-0.2, -0.15) is 0 Å². The summed E-state index contributed by atoms with van der Waals surface area (Å²) in [7, 11) is -1.88. The molecular formula is C23H30N2O5S. The topological polar surface area (TPSA) is 84.9 Å². The van der Waals surface area contributed by atoms with Gasteiger partial charge in [0.15, 0.2) is 6.10 Å². The molecule has 1 aliphatic heterocycles. The highest BCUT2D eigenvalue weighted by molar-refractivity contribution is 7.92. The Labute approximate surface area is 184 Å². The van der Waals surface area contributed by atoms with Crippen molar-refractivity contribution in [3.63, 3.8) is 0 Å². The summed E-state index contributed by atoms with van der Waals surface area (Å²) in [4.78, 5) is 13.2. The van der Waals surface area contributed by atoms with E-state index >= 15 is 0 Å². The van der Waals surface area contributed by atoms with Gasteiger partial charge < -0.3 is 14.8 Å². The van der Waals surface area contributed by atoms with Crippen LogP contribution in [0.15, 0.2) is 48.5 Å². The Morgan fingerprint density at radius 2 is 1.87 bits per heavy atom. The minimum absolute atomic E-state index is 0.172. The van der Waals surface area contributed by atoms with Crippen molar-refractivity contribution in [3.8, 4) is 11.5 Å². The van der Waals surface area contributed by atoms with Crippen LogP contribution in [0.25, 0.3) is 0 Å². The normalized spacial score (nSPS) is 17.3. The maximum atomic E-state index is 13.2. The van der Waals surface area contributed by atoms with Gasteiger partial charge in [-0.1, -0.05) is 38.1 Å². The average molecular weight is 447 g/mol. The zero-order valence-corrected chi connectivity index (χ0v) is 19.2. The Bertz CT molecular complexity index is 1000. The molecule has 2 aromatic rings. The van der Waals surface area contributed by atoms with E-state index in [4.69, 9.17) is 9.47 Å². The number of hydrogen-bond acceptors (Lipinski definition) is 5. The fraction of sp³-hybridized carbons (Fsp3) is 0.435. The van der Waals surface area contributed by atoms with E-state index in [0.29, 0.717) is 17.4 Å². The summed E-state index contributed by atoms with van der Waals surface area (Å²) < 4.78 is 37.1. The molecule has 0 bridgehead atoms. The third kappa shape index (κ3) is 5.70. The number of rotatable bonds is 7. The van der Waals surface area contributed by atoms with E-state index in [1.807, 2.05) is 24.3 Å². The number of sulfonamides is 1. The lowest BCUT2D eigenvalue weighted by molar-refractivity contribution is -0.129. The van der Waals surface area contributed by atoms with Crippen molar-refractivity contribution in [1.29, 1.82) is 0 Å². The molecule has 31 heavy (non-hydrogen) atoms. The minimum atomic E-state index is -3.49. The molecule has 0 saturated heterocycles. The van der Waals surface area contributed by atoms with Crippen LogP contribution in [0, 0.1) is 5.92 Å². The van der Waals surface area contributed by atoms with Crippen LogP contribution < -0.4 is 19.1 Å². The van der Waals surface area contributed by atoms with Crippen LogP contribution in [0.1, 0.15) is 38.3 Å². The molecule has 0 saturated carbocycles. The molecular weight excluding hydrogens is 416 g/mol. The monoisotopic (exact) mass is 446 g/mol. The van der Waals surface area contributed by atoms with Crippen LogP contribution in [0.5, 0.6) is 11.5 Å². The molecule has 0 fully saturated rings. The van der Waals surface area contributed by atoms with Crippen molar-refractivity contribution in [2.45, 2.75) is 38.8 Å². The molecule has 0 aromatic heterocycles. The molecule has 3 rings (SSSR count). The number of anilines is 1. The number of ether oxygens (including phenoxy) is 2. The lowest BCUT2D eigenvalue weighted by Crippen LogP contribution is -2.41. The predicted molar refractivity (Wildman–Crippen MR) is 121 cm³/mol. The second-order valence-corrected chi connectivity index (χ2v) is 10.1. The van der Waals surface area contributed by atoms with Crippen LogP contribution >= 0.6 is 0 Å². The highest BCUT2D eigenvalue weighted by Crippen LogP contribution is 2.34. The fourth-order valence-corrected chi connectivity index (χ4v) is 4.65. The molecule has 2 aromatic carbocycles. The van der Waals surface area contributed by atoms with Crippen LogP contribution in [0.2, 0.25) is 0 Å². The Hall–Kier alpha value is -2.74. The summed E-state index contributed by atoms with van der Waals surface area (Å²) >= 11 is 0. The van der Waals surface area contributed by atoms with E-state index in [9.17, 15) is 13.2 Å². The SMILES string of the molecule is COc1ccc(C(CC(C)C)NC(=O)C2CCN(S(C)(=O)=O)c3ccccc3O2)cc1. The lowest BCUT2D eigenvalue weighted by atomic mass is 9.96. The number of nitrogens with one attached hydrogen (secondary N) is 1. The Kier molecular flexibility index (Phi) is 7.10. The van der Waals surface area contributed by atoms with Crippen molar-refractivity contribution in [2.75, 3.05) is 24.2 Å². The van der Waals surface area contributed by atoms with Gasteiger partial charge in [0.1, 0.15) is 11.5 Å². The van der Waals surface area contributed by atoms with Gasteiger partial charge in [-0.25, -0.2) is 8.42 Å². The summed E-state index contributed by atoms with van der Waals surface area (Å²) in [5.41, 5.74) is 1.43. The van der Waals surface area contributed by atoms with Crippen molar-refractivity contribution in [2.24, 2.45) is 5.92 Å². The summed E-state index contributed by atoms with van der Waals surface area (Å²) in [6, 6.07) is 14.3. The third-order valence-corrected chi connectivity index (χ3v) is 6.41. The summed E-state index contributed by atoms with van der Waals surface area (Å²) in [5, 5.41) is 3.11. The molecule has 0 aliphatic carbocycles. The van der Waals surface area contributed by atoms with Gasteiger partial charge in [0.25, 0.3) is 5.91 Å². The minimum Gasteiger partial charge on any atom is -0.497 e. The first kappa shape index (κ1) is 22.9. The van der Waals surface area contributed by atoms with Gasteiger partial charge in [-0.15, -0.1) is 0 Å². The lowest BCUT2D eigenvalue weighted by Gasteiger charge is -2.24. The molecule has 8 heteroatoms. The molecule has 7 nitrogen and oxygen atoms in total. The Balaban J connectivity index is 1.82. The largest absolute Gasteiger partial charge is 0.497 e. The number of para-hydroxylation sites is 2. The van der Waals surface area contributed by atoms with Crippen LogP contribution in [-0.4, -0.2) is 40.3 Å². The smallest absolute Gasteiger partial charge is 0.261 e. The molecule has 0 spiro atoms. The number of methoxy groups -OCH3 is 1. The maximum Gasteiger partial charge on any atom is 0.261 e.